The Labute approximate surface area is 105 Å². The molecule has 1 rings (SSSR count). The lowest BCUT2D eigenvalue weighted by atomic mass is 10.2. The van der Waals surface area contributed by atoms with Crippen LogP contribution in [0, 0.1) is 0 Å². The van der Waals surface area contributed by atoms with Crippen molar-refractivity contribution >= 4 is 5.97 Å². The average Bonchev–Trinajstić information content (AvgIpc) is 2.60. The van der Waals surface area contributed by atoms with Gasteiger partial charge in [-0.2, -0.15) is 0 Å². The van der Waals surface area contributed by atoms with Crippen LogP contribution in [0.2, 0.25) is 0 Å². The topological polar surface area (TPSA) is 41.6 Å². The van der Waals surface area contributed by atoms with E-state index in [1.165, 1.54) is 0 Å². The molecule has 0 aromatic carbocycles. The molecular formula is C13H26N2O2. The van der Waals surface area contributed by atoms with Gasteiger partial charge in [0.1, 0.15) is 5.60 Å². The van der Waals surface area contributed by atoms with Gasteiger partial charge >= 0.3 is 5.97 Å². The van der Waals surface area contributed by atoms with Gasteiger partial charge in [-0.1, -0.05) is 0 Å². The van der Waals surface area contributed by atoms with E-state index in [0.717, 1.165) is 19.5 Å². The van der Waals surface area contributed by atoms with Gasteiger partial charge in [-0.15, -0.1) is 0 Å². The third-order valence-electron chi connectivity index (χ3n) is 2.91. The van der Waals surface area contributed by atoms with Crippen LogP contribution in [0.5, 0.6) is 0 Å². The van der Waals surface area contributed by atoms with E-state index in [2.05, 4.69) is 24.1 Å². The second kappa shape index (κ2) is 5.83. The first-order chi connectivity index (χ1) is 7.78. The van der Waals surface area contributed by atoms with Crippen LogP contribution in [0.15, 0.2) is 0 Å². The van der Waals surface area contributed by atoms with E-state index in [4.69, 9.17) is 4.74 Å². The lowest BCUT2D eigenvalue weighted by Gasteiger charge is -2.22. The molecule has 0 aliphatic carbocycles. The minimum absolute atomic E-state index is 0.166. The summed E-state index contributed by atoms with van der Waals surface area (Å²) in [4.78, 5) is 14.0. The lowest BCUT2D eigenvalue weighted by molar-refractivity contribution is -0.153. The van der Waals surface area contributed by atoms with Crippen molar-refractivity contribution in [2.24, 2.45) is 0 Å². The van der Waals surface area contributed by atoms with Crippen molar-refractivity contribution in [1.29, 1.82) is 0 Å². The smallest absolute Gasteiger partial charge is 0.320 e. The Kier molecular flexibility index (Phi) is 4.95. The number of rotatable bonds is 4. The van der Waals surface area contributed by atoms with Crippen LogP contribution in [-0.4, -0.2) is 48.2 Å². The fourth-order valence-corrected chi connectivity index (χ4v) is 2.03. The van der Waals surface area contributed by atoms with Gasteiger partial charge < -0.3 is 10.1 Å². The normalized spacial score (nSPS) is 22.1. The fourth-order valence-electron chi connectivity index (χ4n) is 2.03. The van der Waals surface area contributed by atoms with E-state index in [1.54, 1.807) is 0 Å². The van der Waals surface area contributed by atoms with Gasteiger partial charge in [0.25, 0.3) is 0 Å². The molecule has 17 heavy (non-hydrogen) atoms. The predicted molar refractivity (Wildman–Crippen MR) is 69.0 cm³/mol. The predicted octanol–water partition coefficient (Wildman–Crippen LogP) is 1.40. The number of carbonyl (C=O) groups excluding carboxylic acids is 1. The largest absolute Gasteiger partial charge is 0.459 e. The molecule has 0 aromatic heterocycles. The number of nitrogens with one attached hydrogen (secondary N) is 1. The molecule has 0 spiro atoms. The Balaban J connectivity index is 2.22. The molecule has 4 nitrogen and oxygen atoms in total. The summed E-state index contributed by atoms with van der Waals surface area (Å²) in [7, 11) is 0. The van der Waals surface area contributed by atoms with E-state index in [-0.39, 0.29) is 5.97 Å². The number of carbonyl (C=O) groups is 1. The zero-order valence-electron chi connectivity index (χ0n) is 11.7. The van der Waals surface area contributed by atoms with Crippen molar-refractivity contribution in [2.45, 2.75) is 58.7 Å². The van der Waals surface area contributed by atoms with Crippen LogP contribution >= 0.6 is 0 Å². The number of ether oxygens (including phenoxy) is 1. The zero-order valence-corrected chi connectivity index (χ0v) is 11.7. The van der Waals surface area contributed by atoms with Gasteiger partial charge in [0, 0.05) is 18.6 Å². The Morgan fingerprint density at radius 3 is 2.59 bits per heavy atom. The first-order valence-electron chi connectivity index (χ1n) is 6.47. The molecule has 0 radical (unpaired) electrons. The minimum atomic E-state index is -0.390. The molecule has 1 heterocycles. The molecule has 1 atom stereocenters. The summed E-state index contributed by atoms with van der Waals surface area (Å²) in [5.74, 6) is -0.166. The highest BCUT2D eigenvalue weighted by Gasteiger charge is 2.25. The summed E-state index contributed by atoms with van der Waals surface area (Å²) < 4.78 is 5.26. The molecule has 4 heteroatoms. The van der Waals surface area contributed by atoms with Crippen molar-refractivity contribution in [3.8, 4) is 0 Å². The third kappa shape index (κ3) is 5.50. The molecule has 1 aliphatic rings. The highest BCUT2D eigenvalue weighted by Crippen LogP contribution is 2.12. The number of hydrogen-bond donors (Lipinski definition) is 1. The van der Waals surface area contributed by atoms with E-state index in [1.807, 2.05) is 20.8 Å². The molecule has 1 N–H and O–H groups in total. The summed E-state index contributed by atoms with van der Waals surface area (Å²) in [6, 6.07) is 1.01. The molecule has 0 saturated carbocycles. The van der Waals surface area contributed by atoms with Crippen molar-refractivity contribution in [2.75, 3.05) is 19.6 Å². The van der Waals surface area contributed by atoms with Crippen molar-refractivity contribution in [1.82, 2.24) is 10.2 Å². The highest BCUT2D eigenvalue weighted by molar-refractivity contribution is 5.72. The Hall–Kier alpha value is -0.610. The maximum atomic E-state index is 11.5. The SMILES string of the molecule is CC(C)N1CCC(NCC(=O)OC(C)(C)C)C1. The zero-order chi connectivity index (χ0) is 13.1. The summed E-state index contributed by atoms with van der Waals surface area (Å²) >= 11 is 0. The Morgan fingerprint density at radius 2 is 2.12 bits per heavy atom. The quantitative estimate of drug-likeness (QED) is 0.757. The van der Waals surface area contributed by atoms with Crippen LogP contribution in [0.3, 0.4) is 0 Å². The first-order valence-corrected chi connectivity index (χ1v) is 6.47. The van der Waals surface area contributed by atoms with E-state index < -0.39 is 5.60 Å². The molecule has 0 amide bonds. The third-order valence-corrected chi connectivity index (χ3v) is 2.91. The van der Waals surface area contributed by atoms with E-state index >= 15 is 0 Å². The van der Waals surface area contributed by atoms with E-state index in [0.29, 0.717) is 18.6 Å². The summed E-state index contributed by atoms with van der Waals surface area (Å²) in [6.45, 7) is 12.5. The molecule has 0 aromatic rings. The molecule has 1 unspecified atom stereocenters. The maximum absolute atomic E-state index is 11.5. The minimum Gasteiger partial charge on any atom is -0.459 e. The Bertz CT molecular complexity index is 259. The molecule has 1 fully saturated rings. The van der Waals surface area contributed by atoms with Gasteiger partial charge in [0.2, 0.25) is 0 Å². The fraction of sp³-hybridized carbons (Fsp3) is 0.923. The monoisotopic (exact) mass is 242 g/mol. The number of esters is 1. The summed E-state index contributed by atoms with van der Waals surface area (Å²) in [5, 5.41) is 3.27. The Morgan fingerprint density at radius 1 is 1.47 bits per heavy atom. The first kappa shape index (κ1) is 14.5. The van der Waals surface area contributed by atoms with Gasteiger partial charge in [-0.3, -0.25) is 9.69 Å². The summed E-state index contributed by atoms with van der Waals surface area (Å²) in [6.07, 6.45) is 1.11. The molecule has 100 valence electrons. The molecule has 1 aliphatic heterocycles. The summed E-state index contributed by atoms with van der Waals surface area (Å²) in [5.41, 5.74) is -0.390. The molecule has 1 saturated heterocycles. The van der Waals surface area contributed by atoms with Crippen molar-refractivity contribution < 1.29 is 9.53 Å². The van der Waals surface area contributed by atoms with Gasteiger partial charge in [0.15, 0.2) is 0 Å². The van der Waals surface area contributed by atoms with Crippen LogP contribution in [-0.2, 0) is 9.53 Å². The van der Waals surface area contributed by atoms with Crippen molar-refractivity contribution in [3.63, 3.8) is 0 Å². The van der Waals surface area contributed by atoms with Crippen LogP contribution in [0.25, 0.3) is 0 Å². The van der Waals surface area contributed by atoms with Gasteiger partial charge in [0.05, 0.1) is 6.54 Å². The van der Waals surface area contributed by atoms with E-state index in [9.17, 15) is 4.79 Å². The number of hydrogen-bond acceptors (Lipinski definition) is 4. The van der Waals surface area contributed by atoms with Gasteiger partial charge in [-0.25, -0.2) is 0 Å². The molecule has 0 bridgehead atoms. The standard InChI is InChI=1S/C13H26N2O2/c1-10(2)15-7-6-11(9-15)14-8-12(16)17-13(3,4)5/h10-11,14H,6-9H2,1-5H3. The lowest BCUT2D eigenvalue weighted by Crippen LogP contribution is -2.39. The van der Waals surface area contributed by atoms with Crippen LogP contribution in [0.1, 0.15) is 41.0 Å². The van der Waals surface area contributed by atoms with Gasteiger partial charge in [-0.05, 0) is 47.6 Å². The number of likely N-dealkylation sites (tertiary alicyclic amines) is 1. The highest BCUT2D eigenvalue weighted by atomic mass is 16.6. The van der Waals surface area contributed by atoms with Crippen LogP contribution < -0.4 is 5.32 Å². The maximum Gasteiger partial charge on any atom is 0.320 e. The molecular weight excluding hydrogens is 216 g/mol. The average molecular weight is 242 g/mol. The second-order valence-corrected chi connectivity index (χ2v) is 6.04. The van der Waals surface area contributed by atoms with Crippen molar-refractivity contribution in [3.05, 3.63) is 0 Å². The van der Waals surface area contributed by atoms with Crippen LogP contribution in [0.4, 0.5) is 0 Å². The number of nitrogens with zero attached hydrogens (tertiary/aromatic N) is 1. The second-order valence-electron chi connectivity index (χ2n) is 6.04.